The molecule has 1 aromatic carbocycles. The van der Waals surface area contributed by atoms with E-state index in [0.717, 1.165) is 49.1 Å². The van der Waals surface area contributed by atoms with Crippen molar-refractivity contribution in [3.63, 3.8) is 0 Å². The maximum Gasteiger partial charge on any atom is 0.305 e. The van der Waals surface area contributed by atoms with Gasteiger partial charge in [-0.05, 0) is 49.8 Å². The second kappa shape index (κ2) is 11.2. The molecule has 1 aliphatic rings. The highest BCUT2D eigenvalue weighted by atomic mass is 35.5. The van der Waals surface area contributed by atoms with Crippen LogP contribution in [0.15, 0.2) is 30.3 Å². The average molecular weight is 377 g/mol. The number of allylic oxidation sites excluding steroid dienone is 1. The van der Waals surface area contributed by atoms with Crippen LogP contribution in [-0.4, -0.2) is 18.4 Å². The van der Waals surface area contributed by atoms with Crippen molar-refractivity contribution < 1.29 is 14.3 Å². The van der Waals surface area contributed by atoms with Gasteiger partial charge in [0, 0.05) is 23.8 Å². The van der Waals surface area contributed by atoms with Gasteiger partial charge in [-0.3, -0.25) is 9.59 Å². The van der Waals surface area contributed by atoms with Crippen LogP contribution in [0.25, 0.3) is 6.08 Å². The molecule has 0 saturated heterocycles. The highest BCUT2D eigenvalue weighted by molar-refractivity contribution is 6.30. The maximum absolute atomic E-state index is 12.2. The minimum absolute atomic E-state index is 0.107. The van der Waals surface area contributed by atoms with E-state index in [0.29, 0.717) is 31.1 Å². The molecule has 2 atom stereocenters. The number of rotatable bonds is 10. The zero-order valence-electron chi connectivity index (χ0n) is 15.6. The Hall–Kier alpha value is -1.61. The second-order valence-corrected chi connectivity index (χ2v) is 7.38. The lowest BCUT2D eigenvalue weighted by atomic mass is 9.89. The molecule has 0 bridgehead atoms. The van der Waals surface area contributed by atoms with Gasteiger partial charge < -0.3 is 4.74 Å². The Kier molecular flexibility index (Phi) is 8.90. The van der Waals surface area contributed by atoms with Gasteiger partial charge in [-0.25, -0.2) is 0 Å². The fourth-order valence-corrected chi connectivity index (χ4v) is 3.80. The van der Waals surface area contributed by atoms with Crippen molar-refractivity contribution in [1.82, 2.24) is 0 Å². The van der Waals surface area contributed by atoms with E-state index in [9.17, 15) is 9.59 Å². The van der Waals surface area contributed by atoms with Gasteiger partial charge in [-0.1, -0.05) is 55.1 Å². The molecular weight excluding hydrogens is 348 g/mol. The maximum atomic E-state index is 12.2. The van der Waals surface area contributed by atoms with Crippen LogP contribution in [0, 0.1) is 11.8 Å². The van der Waals surface area contributed by atoms with Gasteiger partial charge in [0.05, 0.1) is 6.61 Å². The molecule has 0 radical (unpaired) electrons. The van der Waals surface area contributed by atoms with Crippen LogP contribution < -0.4 is 0 Å². The SMILES string of the molecule is CCOC(=O)CCCCCCC1C(=O)CCC1C=Cc1cccc(Cl)c1. The minimum atomic E-state index is -0.107. The Morgan fingerprint density at radius 2 is 2.08 bits per heavy atom. The average Bonchev–Trinajstić information content (AvgIpc) is 2.96. The van der Waals surface area contributed by atoms with E-state index in [1.807, 2.05) is 31.2 Å². The van der Waals surface area contributed by atoms with Gasteiger partial charge in [-0.2, -0.15) is 0 Å². The monoisotopic (exact) mass is 376 g/mol. The molecule has 1 aliphatic carbocycles. The molecule has 26 heavy (non-hydrogen) atoms. The number of carbonyl (C=O) groups excluding carboxylic acids is 2. The number of hydrogen-bond acceptors (Lipinski definition) is 3. The Bertz CT molecular complexity index is 624. The second-order valence-electron chi connectivity index (χ2n) is 6.95. The number of ketones is 1. The van der Waals surface area contributed by atoms with Gasteiger partial charge in [0.25, 0.3) is 0 Å². The van der Waals surface area contributed by atoms with Crippen LogP contribution in [0.4, 0.5) is 0 Å². The Labute approximate surface area is 161 Å². The van der Waals surface area contributed by atoms with Crippen molar-refractivity contribution >= 4 is 29.4 Å². The summed E-state index contributed by atoms with van der Waals surface area (Å²) >= 11 is 6.02. The summed E-state index contributed by atoms with van der Waals surface area (Å²) in [5, 5.41) is 0.731. The largest absolute Gasteiger partial charge is 0.466 e. The van der Waals surface area contributed by atoms with Crippen LogP contribution in [0.2, 0.25) is 5.02 Å². The number of hydrogen-bond donors (Lipinski definition) is 0. The molecule has 2 rings (SSSR count). The van der Waals surface area contributed by atoms with E-state index in [1.165, 1.54) is 0 Å². The molecule has 1 aromatic rings. The molecule has 4 heteroatoms. The fraction of sp³-hybridized carbons (Fsp3) is 0.545. The molecule has 1 saturated carbocycles. The molecule has 142 valence electrons. The summed E-state index contributed by atoms with van der Waals surface area (Å²) in [6.45, 7) is 2.28. The highest BCUT2D eigenvalue weighted by Gasteiger charge is 2.32. The van der Waals surface area contributed by atoms with E-state index < -0.39 is 0 Å². The summed E-state index contributed by atoms with van der Waals surface area (Å²) in [4.78, 5) is 23.5. The van der Waals surface area contributed by atoms with Crippen molar-refractivity contribution in [3.8, 4) is 0 Å². The predicted octanol–water partition coefficient (Wildman–Crippen LogP) is 5.85. The summed E-state index contributed by atoms with van der Waals surface area (Å²) in [7, 11) is 0. The summed E-state index contributed by atoms with van der Waals surface area (Å²) < 4.78 is 4.93. The van der Waals surface area contributed by atoms with Crippen LogP contribution in [0.5, 0.6) is 0 Å². The van der Waals surface area contributed by atoms with Crippen molar-refractivity contribution in [2.24, 2.45) is 11.8 Å². The minimum Gasteiger partial charge on any atom is -0.466 e. The first-order valence-corrected chi connectivity index (χ1v) is 10.1. The van der Waals surface area contributed by atoms with Crippen LogP contribution in [0.1, 0.15) is 63.9 Å². The molecule has 0 aromatic heterocycles. The third kappa shape index (κ3) is 6.95. The number of Topliss-reactive ketones (excluding diaryl/α,β-unsaturated/α-hetero) is 1. The first-order chi connectivity index (χ1) is 12.6. The Morgan fingerprint density at radius 1 is 1.27 bits per heavy atom. The molecule has 0 heterocycles. The van der Waals surface area contributed by atoms with Crippen LogP contribution in [0.3, 0.4) is 0 Å². The topological polar surface area (TPSA) is 43.4 Å². The van der Waals surface area contributed by atoms with Crippen molar-refractivity contribution in [2.75, 3.05) is 6.61 Å². The summed E-state index contributed by atoms with van der Waals surface area (Å²) in [5.41, 5.74) is 1.08. The molecule has 0 spiro atoms. The van der Waals surface area contributed by atoms with E-state index in [-0.39, 0.29) is 11.9 Å². The number of esters is 1. The highest BCUT2D eigenvalue weighted by Crippen LogP contribution is 2.34. The lowest BCUT2D eigenvalue weighted by Crippen LogP contribution is -2.13. The standard InChI is InChI=1S/C22H29ClO3/c1-2-26-22(25)11-6-4-3-5-10-20-18(14-15-21(20)24)13-12-17-8-7-9-19(23)16-17/h7-9,12-13,16,18,20H,2-6,10-11,14-15H2,1H3. The van der Waals surface area contributed by atoms with Gasteiger partial charge in [-0.15, -0.1) is 0 Å². The van der Waals surface area contributed by atoms with E-state index >= 15 is 0 Å². The van der Waals surface area contributed by atoms with Gasteiger partial charge in [0.1, 0.15) is 5.78 Å². The molecule has 1 fully saturated rings. The molecule has 3 nitrogen and oxygen atoms in total. The Morgan fingerprint density at radius 3 is 2.85 bits per heavy atom. The number of carbonyl (C=O) groups is 2. The third-order valence-electron chi connectivity index (χ3n) is 4.99. The lowest BCUT2D eigenvalue weighted by molar-refractivity contribution is -0.143. The molecule has 0 aliphatic heterocycles. The van der Waals surface area contributed by atoms with E-state index in [2.05, 4.69) is 12.2 Å². The number of halogens is 1. The van der Waals surface area contributed by atoms with Crippen LogP contribution >= 0.6 is 11.6 Å². The first kappa shape index (κ1) is 20.7. The molecular formula is C22H29ClO3. The van der Waals surface area contributed by atoms with E-state index in [4.69, 9.17) is 16.3 Å². The van der Waals surface area contributed by atoms with Gasteiger partial charge >= 0.3 is 5.97 Å². The van der Waals surface area contributed by atoms with Crippen molar-refractivity contribution in [3.05, 3.63) is 40.9 Å². The fourth-order valence-electron chi connectivity index (χ4n) is 3.60. The number of ether oxygens (including phenoxy) is 1. The smallest absolute Gasteiger partial charge is 0.305 e. The van der Waals surface area contributed by atoms with E-state index in [1.54, 1.807) is 0 Å². The normalized spacial score (nSPS) is 20.0. The number of benzene rings is 1. The van der Waals surface area contributed by atoms with Crippen LogP contribution in [-0.2, 0) is 14.3 Å². The predicted molar refractivity (Wildman–Crippen MR) is 106 cm³/mol. The van der Waals surface area contributed by atoms with Gasteiger partial charge in [0.15, 0.2) is 0 Å². The lowest BCUT2D eigenvalue weighted by Gasteiger charge is -2.15. The Balaban J connectivity index is 1.73. The third-order valence-corrected chi connectivity index (χ3v) is 5.23. The van der Waals surface area contributed by atoms with Crippen molar-refractivity contribution in [1.29, 1.82) is 0 Å². The zero-order valence-corrected chi connectivity index (χ0v) is 16.3. The molecule has 2 unspecified atom stereocenters. The molecule has 0 amide bonds. The summed E-state index contributed by atoms with van der Waals surface area (Å²) in [6.07, 6.45) is 11.3. The van der Waals surface area contributed by atoms with Gasteiger partial charge in [0.2, 0.25) is 0 Å². The number of unbranched alkanes of at least 4 members (excludes halogenated alkanes) is 3. The summed E-state index contributed by atoms with van der Waals surface area (Å²) in [6, 6.07) is 7.77. The van der Waals surface area contributed by atoms with Crippen molar-refractivity contribution in [2.45, 2.75) is 58.3 Å². The first-order valence-electron chi connectivity index (χ1n) is 9.72. The summed E-state index contributed by atoms with van der Waals surface area (Å²) in [5.74, 6) is 0.776. The zero-order chi connectivity index (χ0) is 18.8. The molecule has 0 N–H and O–H groups in total. The quantitative estimate of drug-likeness (QED) is 0.380.